The molecular formula is C12H16OSi. The quantitative estimate of drug-likeness (QED) is 0.569. The lowest BCUT2D eigenvalue weighted by Gasteiger charge is -2.11. The minimum Gasteiger partial charge on any atom is -0.508 e. The summed E-state index contributed by atoms with van der Waals surface area (Å²) < 4.78 is 0. The summed E-state index contributed by atoms with van der Waals surface area (Å²) >= 11 is 0. The van der Waals surface area contributed by atoms with Crippen LogP contribution < -0.4 is 5.19 Å². The Kier molecular flexibility index (Phi) is 3.71. The molecule has 0 saturated carbocycles. The van der Waals surface area contributed by atoms with E-state index in [4.69, 9.17) is 0 Å². The molecule has 0 bridgehead atoms. The van der Waals surface area contributed by atoms with Crippen molar-refractivity contribution in [3.63, 3.8) is 0 Å². The van der Waals surface area contributed by atoms with Crippen molar-refractivity contribution < 1.29 is 5.11 Å². The van der Waals surface area contributed by atoms with Crippen molar-refractivity contribution in [3.05, 3.63) is 48.6 Å². The molecule has 0 aliphatic rings. The lowest BCUT2D eigenvalue weighted by molar-refractivity contribution is 0.469. The van der Waals surface area contributed by atoms with Crippen LogP contribution in [-0.2, 0) is 12.8 Å². The van der Waals surface area contributed by atoms with Gasteiger partial charge in [0.05, 0.1) is 0 Å². The first-order chi connectivity index (χ1) is 6.70. The molecule has 0 heterocycles. The predicted molar refractivity (Wildman–Crippen MR) is 65.5 cm³/mol. The van der Waals surface area contributed by atoms with Crippen LogP contribution in [0.5, 0.6) is 5.75 Å². The summed E-state index contributed by atoms with van der Waals surface area (Å²) in [6, 6.07) is 3.76. The van der Waals surface area contributed by atoms with E-state index in [2.05, 4.69) is 13.2 Å². The van der Waals surface area contributed by atoms with Crippen molar-refractivity contribution in [1.29, 1.82) is 0 Å². The first-order valence-electron chi connectivity index (χ1n) is 4.72. The number of rotatable bonds is 4. The molecule has 0 aliphatic carbocycles. The summed E-state index contributed by atoms with van der Waals surface area (Å²) in [6.07, 6.45) is 5.26. The maximum Gasteiger partial charge on any atom is 0.119 e. The molecule has 0 saturated heterocycles. The van der Waals surface area contributed by atoms with Crippen LogP contribution in [-0.4, -0.2) is 15.3 Å². The van der Waals surface area contributed by atoms with Crippen LogP contribution in [0.3, 0.4) is 0 Å². The molecule has 0 fully saturated rings. The minimum atomic E-state index is 0.376. The number of allylic oxidation sites excluding steroid dienone is 2. The molecule has 74 valence electrons. The highest BCUT2D eigenvalue weighted by Crippen LogP contribution is 2.20. The fraction of sp³-hybridized carbons (Fsp3) is 0.167. The second kappa shape index (κ2) is 4.82. The summed E-state index contributed by atoms with van der Waals surface area (Å²) in [4.78, 5) is 0. The molecule has 0 aromatic heterocycles. The number of aromatic hydroxyl groups is 1. The van der Waals surface area contributed by atoms with E-state index in [1.165, 1.54) is 10.8 Å². The van der Waals surface area contributed by atoms with Gasteiger partial charge in [-0.05, 0) is 24.5 Å². The third-order valence-corrected chi connectivity index (χ3v) is 3.27. The molecule has 0 aliphatic heterocycles. The van der Waals surface area contributed by atoms with E-state index >= 15 is 0 Å². The molecule has 14 heavy (non-hydrogen) atoms. The summed E-state index contributed by atoms with van der Waals surface area (Å²) in [6.45, 7) is 7.44. The van der Waals surface area contributed by atoms with E-state index in [9.17, 15) is 5.11 Å². The van der Waals surface area contributed by atoms with E-state index in [1.807, 2.05) is 18.2 Å². The lowest BCUT2D eigenvalue weighted by atomic mass is 10.0. The Morgan fingerprint density at radius 1 is 1.14 bits per heavy atom. The number of hydrogen-bond donors (Lipinski definition) is 1. The second-order valence-corrected chi connectivity index (χ2v) is 4.42. The van der Waals surface area contributed by atoms with E-state index < -0.39 is 0 Å². The Morgan fingerprint density at radius 3 is 2.29 bits per heavy atom. The van der Waals surface area contributed by atoms with Crippen LogP contribution in [0, 0.1) is 0 Å². The Labute approximate surface area is 88.2 Å². The second-order valence-electron chi connectivity index (χ2n) is 3.34. The Morgan fingerprint density at radius 2 is 1.71 bits per heavy atom. The summed E-state index contributed by atoms with van der Waals surface area (Å²) in [5.74, 6) is 0.376. The molecule has 1 N–H and O–H groups in total. The first kappa shape index (κ1) is 10.8. The molecule has 1 rings (SSSR count). The van der Waals surface area contributed by atoms with E-state index in [1.54, 1.807) is 6.07 Å². The molecule has 2 heteroatoms. The van der Waals surface area contributed by atoms with Gasteiger partial charge < -0.3 is 5.11 Å². The van der Waals surface area contributed by atoms with Gasteiger partial charge in [-0.3, -0.25) is 0 Å². The fourth-order valence-corrected chi connectivity index (χ4v) is 2.27. The maximum atomic E-state index is 9.71. The first-order valence-corrected chi connectivity index (χ1v) is 5.72. The zero-order valence-corrected chi connectivity index (χ0v) is 10.6. The molecule has 0 spiro atoms. The average Bonchev–Trinajstić information content (AvgIpc) is 2.17. The van der Waals surface area contributed by atoms with Gasteiger partial charge >= 0.3 is 0 Å². The van der Waals surface area contributed by atoms with Crippen LogP contribution in [0.4, 0.5) is 0 Å². The third-order valence-electron chi connectivity index (χ3n) is 2.34. The van der Waals surface area contributed by atoms with Crippen LogP contribution in [0.1, 0.15) is 11.1 Å². The van der Waals surface area contributed by atoms with Gasteiger partial charge in [0.25, 0.3) is 0 Å². The Bertz CT molecular complexity index is 321. The number of phenols is 1. The van der Waals surface area contributed by atoms with Crippen LogP contribution in [0.2, 0.25) is 0 Å². The van der Waals surface area contributed by atoms with Crippen molar-refractivity contribution in [2.24, 2.45) is 0 Å². The van der Waals surface area contributed by atoms with Crippen molar-refractivity contribution in [3.8, 4) is 5.75 Å². The number of benzene rings is 1. The van der Waals surface area contributed by atoms with Crippen molar-refractivity contribution in [2.75, 3.05) is 0 Å². The van der Waals surface area contributed by atoms with Crippen LogP contribution >= 0.6 is 0 Å². The van der Waals surface area contributed by atoms with Gasteiger partial charge in [0, 0.05) is 15.8 Å². The largest absolute Gasteiger partial charge is 0.508 e. The SMILES string of the molecule is C=CCc1c(O)ccc([SiH3])c1CC=C. The zero-order valence-electron chi connectivity index (χ0n) is 8.59. The van der Waals surface area contributed by atoms with Gasteiger partial charge in [0.1, 0.15) is 5.75 Å². The standard InChI is InChI=1S/C12H16OSi/c1-3-5-9-10(6-4-2)12(14)8-7-11(9)13/h3-4,7-8,13H,1-2,5-6H2,14H3. The topological polar surface area (TPSA) is 20.2 Å². The minimum absolute atomic E-state index is 0.376. The number of hydrogen-bond acceptors (Lipinski definition) is 1. The van der Waals surface area contributed by atoms with Crippen molar-refractivity contribution in [1.82, 2.24) is 0 Å². The van der Waals surface area contributed by atoms with Gasteiger partial charge in [-0.15, -0.1) is 13.2 Å². The zero-order chi connectivity index (χ0) is 10.6. The van der Waals surface area contributed by atoms with Crippen molar-refractivity contribution in [2.45, 2.75) is 12.8 Å². The molecular weight excluding hydrogens is 188 g/mol. The molecule has 0 amide bonds. The smallest absolute Gasteiger partial charge is 0.119 e. The number of phenolic OH excluding ortho intramolecular Hbond substituents is 1. The van der Waals surface area contributed by atoms with Gasteiger partial charge in [-0.2, -0.15) is 0 Å². The molecule has 1 aromatic carbocycles. The van der Waals surface area contributed by atoms with E-state index in [0.717, 1.165) is 28.6 Å². The molecule has 0 atom stereocenters. The maximum absolute atomic E-state index is 9.71. The van der Waals surface area contributed by atoms with Crippen molar-refractivity contribution >= 4 is 15.4 Å². The Hall–Kier alpha value is -1.28. The monoisotopic (exact) mass is 204 g/mol. The predicted octanol–water partition coefficient (Wildman–Crippen LogP) is 0.840. The van der Waals surface area contributed by atoms with Gasteiger partial charge in [-0.25, -0.2) is 0 Å². The Balaban J connectivity index is 3.24. The molecule has 1 aromatic rings. The lowest BCUT2D eigenvalue weighted by Crippen LogP contribution is -2.12. The fourth-order valence-electron chi connectivity index (χ4n) is 1.60. The summed E-state index contributed by atoms with van der Waals surface area (Å²) in [5.41, 5.74) is 2.24. The highest BCUT2D eigenvalue weighted by Gasteiger charge is 2.07. The van der Waals surface area contributed by atoms with Crippen LogP contribution in [0.25, 0.3) is 0 Å². The molecule has 0 radical (unpaired) electrons. The summed E-state index contributed by atoms with van der Waals surface area (Å²) in [7, 11) is 1.00. The normalized spacial score (nSPS) is 10.0. The van der Waals surface area contributed by atoms with Crippen LogP contribution in [0.15, 0.2) is 37.4 Å². The highest BCUT2D eigenvalue weighted by molar-refractivity contribution is 6.33. The van der Waals surface area contributed by atoms with E-state index in [0.29, 0.717) is 5.75 Å². The average molecular weight is 204 g/mol. The summed E-state index contributed by atoms with van der Waals surface area (Å²) in [5, 5.41) is 11.0. The molecule has 1 nitrogen and oxygen atoms in total. The van der Waals surface area contributed by atoms with Gasteiger partial charge in [0.2, 0.25) is 0 Å². The van der Waals surface area contributed by atoms with Gasteiger partial charge in [-0.1, -0.05) is 23.4 Å². The van der Waals surface area contributed by atoms with E-state index in [-0.39, 0.29) is 0 Å². The van der Waals surface area contributed by atoms with Gasteiger partial charge in [0.15, 0.2) is 0 Å². The third kappa shape index (κ3) is 2.15. The highest BCUT2D eigenvalue weighted by atomic mass is 28.1. The molecule has 0 unspecified atom stereocenters.